The Kier molecular flexibility index (Phi) is 5.38. The first-order valence-electron chi connectivity index (χ1n) is 9.75. The Labute approximate surface area is 165 Å². The number of aryl methyl sites for hydroxylation is 1. The third-order valence-corrected chi connectivity index (χ3v) is 4.94. The molecule has 2 fully saturated rings. The molecule has 8 nitrogen and oxygen atoms in total. The highest BCUT2D eigenvalue weighted by atomic mass is 16.7. The number of fused-ring (bicyclic) bond motifs is 2. The number of nitrogens with one attached hydrogen (secondary N) is 1. The van der Waals surface area contributed by atoms with Gasteiger partial charge in [0, 0.05) is 18.2 Å². The van der Waals surface area contributed by atoms with Crippen molar-refractivity contribution in [3.05, 3.63) is 32.6 Å². The maximum atomic E-state index is 12.5. The predicted octanol–water partition coefficient (Wildman–Crippen LogP) is 1.90. The standard InChI is InChI=1S/C20H32N2O6/c1-12-10-22(17(24)21-15(12)23)16-13-14(27-19(5,6)7)20(28-16,8-9-25-13)11-26-18(2,3)4/h10,13-14,16H,8-9,11H2,1-7H3,(H,21,23,24)/t13-,14?,16+,20+/m0/s1. The van der Waals surface area contributed by atoms with Crippen LogP contribution in [-0.2, 0) is 18.9 Å². The number of H-pyrrole nitrogens is 1. The van der Waals surface area contributed by atoms with Crippen LogP contribution in [0.2, 0.25) is 0 Å². The summed E-state index contributed by atoms with van der Waals surface area (Å²) in [7, 11) is 0. The second-order valence-electron chi connectivity index (χ2n) is 9.69. The van der Waals surface area contributed by atoms with Crippen LogP contribution in [0.15, 0.2) is 15.8 Å². The van der Waals surface area contributed by atoms with Crippen LogP contribution in [0.25, 0.3) is 0 Å². The Morgan fingerprint density at radius 2 is 1.89 bits per heavy atom. The van der Waals surface area contributed by atoms with Crippen molar-refractivity contribution in [2.75, 3.05) is 13.2 Å². The van der Waals surface area contributed by atoms with Crippen molar-refractivity contribution in [2.24, 2.45) is 0 Å². The summed E-state index contributed by atoms with van der Waals surface area (Å²) in [6.45, 7) is 14.4. The molecule has 1 N–H and O–H groups in total. The number of nitrogens with zero attached hydrogens (tertiary/aromatic N) is 1. The summed E-state index contributed by atoms with van der Waals surface area (Å²) < 4.78 is 26.3. The number of rotatable bonds is 4. The normalized spacial score (nSPS) is 30.6. The second kappa shape index (κ2) is 7.09. The van der Waals surface area contributed by atoms with Crippen molar-refractivity contribution >= 4 is 0 Å². The maximum absolute atomic E-state index is 12.5. The third kappa shape index (κ3) is 4.25. The number of hydrogen-bond acceptors (Lipinski definition) is 6. The number of aromatic nitrogens is 2. The van der Waals surface area contributed by atoms with E-state index in [1.807, 2.05) is 41.5 Å². The lowest BCUT2D eigenvalue weighted by Gasteiger charge is -2.42. The zero-order valence-electron chi connectivity index (χ0n) is 17.8. The zero-order valence-corrected chi connectivity index (χ0v) is 17.8. The molecule has 2 saturated heterocycles. The lowest BCUT2D eigenvalue weighted by atomic mass is 9.89. The molecule has 4 atom stereocenters. The van der Waals surface area contributed by atoms with Gasteiger partial charge in [0.2, 0.25) is 0 Å². The second-order valence-corrected chi connectivity index (χ2v) is 9.69. The van der Waals surface area contributed by atoms with Gasteiger partial charge in [0.15, 0.2) is 6.23 Å². The molecular weight excluding hydrogens is 364 g/mol. The monoisotopic (exact) mass is 396 g/mol. The van der Waals surface area contributed by atoms with Crippen LogP contribution < -0.4 is 11.2 Å². The average Bonchev–Trinajstić information content (AvgIpc) is 2.71. The molecule has 1 aromatic heterocycles. The smallest absolute Gasteiger partial charge is 0.330 e. The Balaban J connectivity index is 2.02. The molecule has 8 heteroatoms. The van der Waals surface area contributed by atoms with Gasteiger partial charge in [-0.3, -0.25) is 14.3 Å². The van der Waals surface area contributed by atoms with Crippen molar-refractivity contribution in [1.29, 1.82) is 0 Å². The zero-order chi connectivity index (χ0) is 20.9. The minimum absolute atomic E-state index is 0.324. The molecule has 0 saturated carbocycles. The lowest BCUT2D eigenvalue weighted by Crippen LogP contribution is -2.56. The minimum atomic E-state index is -0.738. The summed E-state index contributed by atoms with van der Waals surface area (Å²) in [6.07, 6.45) is 0.504. The quantitative estimate of drug-likeness (QED) is 0.836. The first kappa shape index (κ1) is 21.2. The molecule has 3 heterocycles. The van der Waals surface area contributed by atoms with Gasteiger partial charge in [-0.05, 0) is 48.5 Å². The summed E-state index contributed by atoms with van der Waals surface area (Å²) in [5, 5.41) is 0. The van der Waals surface area contributed by atoms with E-state index in [-0.39, 0.29) is 5.60 Å². The van der Waals surface area contributed by atoms with Crippen molar-refractivity contribution in [1.82, 2.24) is 9.55 Å². The molecule has 1 unspecified atom stereocenters. The molecule has 0 amide bonds. The summed E-state index contributed by atoms with van der Waals surface area (Å²) in [4.78, 5) is 26.6. The lowest BCUT2D eigenvalue weighted by molar-refractivity contribution is -0.213. The molecule has 158 valence electrons. The van der Waals surface area contributed by atoms with Gasteiger partial charge in [-0.2, -0.15) is 0 Å². The summed E-state index contributed by atoms with van der Waals surface area (Å²) >= 11 is 0. The van der Waals surface area contributed by atoms with E-state index < -0.39 is 40.9 Å². The number of aromatic amines is 1. The van der Waals surface area contributed by atoms with Crippen LogP contribution in [0.1, 0.15) is 59.8 Å². The van der Waals surface area contributed by atoms with E-state index >= 15 is 0 Å². The van der Waals surface area contributed by atoms with Crippen LogP contribution in [0.4, 0.5) is 0 Å². The van der Waals surface area contributed by atoms with E-state index in [2.05, 4.69) is 4.98 Å². The highest BCUT2D eigenvalue weighted by molar-refractivity contribution is 5.09. The molecular formula is C20H32N2O6. The maximum Gasteiger partial charge on any atom is 0.330 e. The van der Waals surface area contributed by atoms with Crippen LogP contribution in [-0.4, -0.2) is 51.8 Å². The topological polar surface area (TPSA) is 91.8 Å². The summed E-state index contributed by atoms with van der Waals surface area (Å²) in [6, 6.07) is 0. The van der Waals surface area contributed by atoms with Gasteiger partial charge in [0.05, 0.1) is 24.4 Å². The summed E-state index contributed by atoms with van der Waals surface area (Å²) in [5.74, 6) is 0. The Morgan fingerprint density at radius 1 is 1.21 bits per heavy atom. The Morgan fingerprint density at radius 3 is 2.50 bits per heavy atom. The highest BCUT2D eigenvalue weighted by Crippen LogP contribution is 2.47. The Bertz CT molecular complexity index is 831. The number of ether oxygens (including phenoxy) is 4. The molecule has 0 aliphatic carbocycles. The SMILES string of the molecule is Cc1cn([C@@H]2O[C@@]3(COC(C)(C)C)CCO[C@H]2C3OC(C)(C)C)c(=O)[nH]c1=O. The largest absolute Gasteiger partial charge is 0.373 e. The van der Waals surface area contributed by atoms with E-state index in [1.165, 1.54) is 10.8 Å². The molecule has 28 heavy (non-hydrogen) atoms. The van der Waals surface area contributed by atoms with Crippen LogP contribution >= 0.6 is 0 Å². The molecule has 3 rings (SSSR count). The average molecular weight is 396 g/mol. The third-order valence-electron chi connectivity index (χ3n) is 4.94. The van der Waals surface area contributed by atoms with Crippen molar-refractivity contribution < 1.29 is 18.9 Å². The predicted molar refractivity (Wildman–Crippen MR) is 104 cm³/mol. The molecule has 2 aliphatic rings. The van der Waals surface area contributed by atoms with E-state index in [0.29, 0.717) is 25.2 Å². The summed E-state index contributed by atoms with van der Waals surface area (Å²) in [5.41, 5.74) is -2.02. The molecule has 1 aromatic rings. The molecule has 2 aliphatic heterocycles. The molecule has 2 bridgehead atoms. The van der Waals surface area contributed by atoms with Gasteiger partial charge in [0.1, 0.15) is 17.8 Å². The van der Waals surface area contributed by atoms with Gasteiger partial charge >= 0.3 is 5.69 Å². The van der Waals surface area contributed by atoms with Gasteiger partial charge in [-0.25, -0.2) is 4.79 Å². The van der Waals surface area contributed by atoms with Crippen LogP contribution in [0.3, 0.4) is 0 Å². The molecule has 0 aromatic carbocycles. The molecule has 0 spiro atoms. The fourth-order valence-corrected chi connectivity index (χ4v) is 3.63. The minimum Gasteiger partial charge on any atom is -0.373 e. The van der Waals surface area contributed by atoms with Crippen LogP contribution in [0.5, 0.6) is 0 Å². The van der Waals surface area contributed by atoms with Gasteiger partial charge in [-0.15, -0.1) is 0 Å². The van der Waals surface area contributed by atoms with E-state index in [4.69, 9.17) is 18.9 Å². The van der Waals surface area contributed by atoms with Gasteiger partial charge < -0.3 is 18.9 Å². The van der Waals surface area contributed by atoms with Crippen molar-refractivity contribution in [3.63, 3.8) is 0 Å². The van der Waals surface area contributed by atoms with Crippen molar-refractivity contribution in [2.45, 2.75) is 90.1 Å². The first-order valence-corrected chi connectivity index (χ1v) is 9.75. The first-order chi connectivity index (χ1) is 12.8. The number of hydrogen-bond donors (Lipinski definition) is 1. The highest BCUT2D eigenvalue weighted by Gasteiger charge is 2.61. The molecule has 0 radical (unpaired) electrons. The van der Waals surface area contributed by atoms with Crippen LogP contribution in [0, 0.1) is 6.92 Å². The van der Waals surface area contributed by atoms with Crippen molar-refractivity contribution in [3.8, 4) is 0 Å². The van der Waals surface area contributed by atoms with Gasteiger partial charge in [-0.1, -0.05) is 0 Å². The fourth-order valence-electron chi connectivity index (χ4n) is 3.63. The van der Waals surface area contributed by atoms with E-state index in [9.17, 15) is 9.59 Å². The van der Waals surface area contributed by atoms with Gasteiger partial charge in [0.25, 0.3) is 5.56 Å². The van der Waals surface area contributed by atoms with E-state index in [0.717, 1.165) is 0 Å². The van der Waals surface area contributed by atoms with E-state index in [1.54, 1.807) is 6.92 Å². The fraction of sp³-hybridized carbons (Fsp3) is 0.800. The Hall–Kier alpha value is -1.48.